The molecule has 1 aromatic rings. The van der Waals surface area contributed by atoms with Crippen LogP contribution in [0.3, 0.4) is 0 Å². The molecule has 0 fully saturated rings. The zero-order chi connectivity index (χ0) is 13.0. The summed E-state index contributed by atoms with van der Waals surface area (Å²) in [7, 11) is 0. The summed E-state index contributed by atoms with van der Waals surface area (Å²) in [6.45, 7) is 8.21. The molecular weight excluding hydrogens is 210 g/mol. The Balaban J connectivity index is 3.37. The largest absolute Gasteiger partial charge is 0.507 e. The third-order valence-corrected chi connectivity index (χ3v) is 2.79. The summed E-state index contributed by atoms with van der Waals surface area (Å²) in [4.78, 5) is 0. The minimum absolute atomic E-state index is 0.267. The van der Waals surface area contributed by atoms with Crippen LogP contribution in [-0.4, -0.2) is 5.11 Å². The third-order valence-electron chi connectivity index (χ3n) is 2.79. The molecule has 0 unspecified atom stereocenters. The van der Waals surface area contributed by atoms with Crippen LogP contribution >= 0.6 is 0 Å². The van der Waals surface area contributed by atoms with Crippen LogP contribution in [0, 0.1) is 11.3 Å². The molecule has 0 heterocycles. The normalized spacial score (nSPS) is 11.4. The van der Waals surface area contributed by atoms with Crippen LogP contribution in [0.5, 0.6) is 5.75 Å². The molecule has 0 aromatic heterocycles. The predicted octanol–water partition coefficient (Wildman–Crippen LogP) is 4.18. The van der Waals surface area contributed by atoms with Crippen LogP contribution in [0.2, 0.25) is 0 Å². The molecule has 2 heteroatoms. The lowest BCUT2D eigenvalue weighted by molar-refractivity contribution is 0.454. The first-order valence-electron chi connectivity index (χ1n) is 5.90. The lowest BCUT2D eigenvalue weighted by atomic mass is 9.91. The van der Waals surface area contributed by atoms with Crippen LogP contribution in [-0.2, 0) is 0 Å². The van der Waals surface area contributed by atoms with E-state index in [1.807, 2.05) is 18.2 Å². The van der Waals surface area contributed by atoms with Gasteiger partial charge >= 0.3 is 0 Å². The van der Waals surface area contributed by atoms with Gasteiger partial charge in [-0.25, -0.2) is 0 Å². The van der Waals surface area contributed by atoms with Crippen molar-refractivity contribution in [2.45, 2.75) is 39.5 Å². The van der Waals surface area contributed by atoms with E-state index in [2.05, 4.69) is 27.7 Å². The molecule has 0 amide bonds. The summed E-state index contributed by atoms with van der Waals surface area (Å²) in [6.07, 6.45) is 3.23. The van der Waals surface area contributed by atoms with Gasteiger partial charge in [0.2, 0.25) is 0 Å². The molecule has 0 radical (unpaired) electrons. The number of hydrogen-bond donors (Lipinski definition) is 1. The van der Waals surface area contributed by atoms with Gasteiger partial charge in [0.15, 0.2) is 0 Å². The van der Waals surface area contributed by atoms with Gasteiger partial charge in [-0.1, -0.05) is 27.7 Å². The van der Waals surface area contributed by atoms with E-state index in [1.54, 1.807) is 6.08 Å². The Kier molecular flexibility index (Phi) is 4.34. The van der Waals surface area contributed by atoms with Crippen molar-refractivity contribution in [3.63, 3.8) is 0 Å². The lowest BCUT2D eigenvalue weighted by Crippen LogP contribution is -1.96. The second-order valence-corrected chi connectivity index (χ2v) is 4.82. The van der Waals surface area contributed by atoms with Gasteiger partial charge in [0.1, 0.15) is 5.75 Å². The maximum Gasteiger partial charge on any atom is 0.122 e. The van der Waals surface area contributed by atoms with Crippen molar-refractivity contribution >= 4 is 6.08 Å². The highest BCUT2D eigenvalue weighted by atomic mass is 16.3. The van der Waals surface area contributed by atoms with Gasteiger partial charge in [-0.05, 0) is 46.7 Å². The van der Waals surface area contributed by atoms with Crippen LogP contribution in [0.1, 0.15) is 56.2 Å². The van der Waals surface area contributed by atoms with E-state index in [0.29, 0.717) is 5.75 Å². The average molecular weight is 229 g/mol. The summed E-state index contributed by atoms with van der Waals surface area (Å²) in [5.41, 5.74) is 2.85. The van der Waals surface area contributed by atoms with Gasteiger partial charge in [-0.2, -0.15) is 5.26 Å². The van der Waals surface area contributed by atoms with Crippen molar-refractivity contribution in [2.24, 2.45) is 0 Å². The minimum Gasteiger partial charge on any atom is -0.507 e. The van der Waals surface area contributed by atoms with Crippen LogP contribution in [0.25, 0.3) is 6.08 Å². The molecule has 90 valence electrons. The minimum atomic E-state index is 0.267. The number of nitrogens with zero attached hydrogens (tertiary/aromatic N) is 1. The Labute approximate surface area is 103 Å². The summed E-state index contributed by atoms with van der Waals surface area (Å²) < 4.78 is 0. The second kappa shape index (κ2) is 5.54. The molecular formula is C15H19NO. The van der Waals surface area contributed by atoms with E-state index in [9.17, 15) is 5.11 Å². The van der Waals surface area contributed by atoms with E-state index in [-0.39, 0.29) is 11.8 Å². The molecule has 1 N–H and O–H groups in total. The fraction of sp³-hybridized carbons (Fsp3) is 0.400. The molecule has 17 heavy (non-hydrogen) atoms. The monoisotopic (exact) mass is 229 g/mol. The lowest BCUT2D eigenvalue weighted by Gasteiger charge is -2.16. The first-order chi connectivity index (χ1) is 7.97. The number of allylic oxidation sites excluding steroid dienone is 1. The summed E-state index contributed by atoms with van der Waals surface area (Å²) in [6, 6.07) is 5.87. The van der Waals surface area contributed by atoms with Crippen molar-refractivity contribution in [3.8, 4) is 11.8 Å². The maximum absolute atomic E-state index is 10.2. The quantitative estimate of drug-likeness (QED) is 0.790. The number of phenols is 1. The highest BCUT2D eigenvalue weighted by Crippen LogP contribution is 2.34. The smallest absolute Gasteiger partial charge is 0.122 e. The van der Waals surface area contributed by atoms with Gasteiger partial charge < -0.3 is 5.11 Å². The molecule has 1 rings (SSSR count). The molecule has 0 aliphatic carbocycles. The van der Waals surface area contributed by atoms with Crippen LogP contribution < -0.4 is 0 Å². The third kappa shape index (κ3) is 3.10. The zero-order valence-corrected chi connectivity index (χ0v) is 10.9. The number of nitriles is 1. The van der Waals surface area contributed by atoms with E-state index in [4.69, 9.17) is 5.26 Å². The number of rotatable bonds is 3. The van der Waals surface area contributed by atoms with E-state index in [0.717, 1.165) is 16.7 Å². The Bertz CT molecular complexity index is 435. The molecule has 0 aliphatic heterocycles. The topological polar surface area (TPSA) is 44.0 Å². The van der Waals surface area contributed by atoms with Gasteiger partial charge in [0.25, 0.3) is 0 Å². The molecule has 0 bridgehead atoms. The number of phenolic OH excluding ortho intramolecular Hbond substituents is 1. The molecule has 0 saturated carbocycles. The molecule has 0 atom stereocenters. The highest BCUT2D eigenvalue weighted by Gasteiger charge is 2.14. The van der Waals surface area contributed by atoms with Gasteiger partial charge in [0, 0.05) is 6.08 Å². The Morgan fingerprint density at radius 2 is 1.59 bits per heavy atom. The molecule has 1 aromatic carbocycles. The number of aromatic hydroxyl groups is 1. The van der Waals surface area contributed by atoms with E-state index < -0.39 is 0 Å². The summed E-state index contributed by atoms with van der Waals surface area (Å²) >= 11 is 0. The fourth-order valence-corrected chi connectivity index (χ4v) is 1.81. The van der Waals surface area contributed by atoms with Crippen molar-refractivity contribution in [3.05, 3.63) is 34.9 Å². The van der Waals surface area contributed by atoms with E-state index in [1.165, 1.54) is 6.08 Å². The zero-order valence-electron chi connectivity index (χ0n) is 10.9. The Morgan fingerprint density at radius 3 is 1.94 bits per heavy atom. The fourth-order valence-electron chi connectivity index (χ4n) is 1.81. The molecule has 0 aliphatic rings. The van der Waals surface area contributed by atoms with Crippen molar-refractivity contribution in [1.82, 2.24) is 0 Å². The van der Waals surface area contributed by atoms with Gasteiger partial charge in [0.05, 0.1) is 6.07 Å². The average Bonchev–Trinajstić information content (AvgIpc) is 2.26. The summed E-state index contributed by atoms with van der Waals surface area (Å²) in [5, 5.41) is 18.7. The SMILES string of the molecule is CC(C)c1cc(C=CC#N)cc(C(C)C)c1O. The maximum atomic E-state index is 10.2. The Hall–Kier alpha value is -1.75. The first-order valence-corrected chi connectivity index (χ1v) is 5.90. The van der Waals surface area contributed by atoms with Crippen LogP contribution in [0.15, 0.2) is 18.2 Å². The molecule has 2 nitrogen and oxygen atoms in total. The Morgan fingerprint density at radius 1 is 1.12 bits per heavy atom. The number of hydrogen-bond acceptors (Lipinski definition) is 2. The standard InChI is InChI=1S/C15H19NO/c1-10(2)13-8-12(6-5-7-16)9-14(11(3)4)15(13)17/h5-6,8-11,17H,1-4H3. The molecule has 0 saturated heterocycles. The van der Waals surface area contributed by atoms with Crippen molar-refractivity contribution in [1.29, 1.82) is 5.26 Å². The van der Waals surface area contributed by atoms with Crippen LogP contribution in [0.4, 0.5) is 0 Å². The molecule has 0 spiro atoms. The van der Waals surface area contributed by atoms with Gasteiger partial charge in [-0.3, -0.25) is 0 Å². The predicted molar refractivity (Wildman–Crippen MR) is 70.9 cm³/mol. The number of benzene rings is 1. The first kappa shape index (κ1) is 13.3. The second-order valence-electron chi connectivity index (χ2n) is 4.82. The van der Waals surface area contributed by atoms with Crippen molar-refractivity contribution in [2.75, 3.05) is 0 Å². The van der Waals surface area contributed by atoms with Crippen molar-refractivity contribution < 1.29 is 5.11 Å². The summed E-state index contributed by atoms with van der Waals surface area (Å²) in [5.74, 6) is 0.926. The van der Waals surface area contributed by atoms with E-state index >= 15 is 0 Å². The van der Waals surface area contributed by atoms with Gasteiger partial charge in [-0.15, -0.1) is 0 Å². The highest BCUT2D eigenvalue weighted by molar-refractivity contribution is 5.58.